The largest absolute Gasteiger partial charge is 0.496 e. The summed E-state index contributed by atoms with van der Waals surface area (Å²) in [4.78, 5) is 32.5. The number of carbonyl (C=O) groups excluding carboxylic acids is 1. The molecule has 1 atom stereocenters. The van der Waals surface area contributed by atoms with Crippen molar-refractivity contribution < 1.29 is 14.3 Å². The average molecular weight is 590 g/mol. The lowest BCUT2D eigenvalue weighted by Crippen LogP contribution is -2.40. The van der Waals surface area contributed by atoms with E-state index in [4.69, 9.17) is 26.1 Å². The highest BCUT2D eigenvalue weighted by molar-refractivity contribution is 9.10. The van der Waals surface area contributed by atoms with Gasteiger partial charge < -0.3 is 9.47 Å². The van der Waals surface area contributed by atoms with Gasteiger partial charge in [-0.2, -0.15) is 0 Å². The van der Waals surface area contributed by atoms with Crippen LogP contribution in [0.1, 0.15) is 49.4 Å². The van der Waals surface area contributed by atoms with Crippen LogP contribution in [-0.2, 0) is 9.53 Å². The van der Waals surface area contributed by atoms with E-state index >= 15 is 0 Å². The molecule has 1 aromatic heterocycles. The molecule has 2 heterocycles. The Morgan fingerprint density at radius 1 is 1.25 bits per heavy atom. The quantitative estimate of drug-likeness (QED) is 0.350. The lowest BCUT2D eigenvalue weighted by atomic mass is 9.93. The Balaban J connectivity index is 2.05. The number of aromatic nitrogens is 1. The van der Waals surface area contributed by atoms with Gasteiger partial charge in [-0.25, -0.2) is 9.79 Å². The van der Waals surface area contributed by atoms with Crippen LogP contribution in [0, 0.1) is 6.92 Å². The van der Waals surface area contributed by atoms with Crippen LogP contribution in [0.5, 0.6) is 5.75 Å². The third kappa shape index (κ3) is 5.08. The number of ether oxygens (including phenoxy) is 2. The van der Waals surface area contributed by atoms with Gasteiger partial charge in [0, 0.05) is 15.1 Å². The Morgan fingerprint density at radius 3 is 2.69 bits per heavy atom. The SMILES string of the molecule is CCCC1=C(C(=O)OCC)[C@H](c2cc(Cl)ccc2OC)n2c(s/c(=C/c3ccc(C)c(Br)c3)c2=O)=N1. The Bertz CT molecular complexity index is 1540. The van der Waals surface area contributed by atoms with Gasteiger partial charge in [0.1, 0.15) is 11.8 Å². The Kier molecular flexibility index (Phi) is 8.17. The molecule has 2 aromatic carbocycles. The fraction of sp³-hybridized carbons (Fsp3) is 0.296. The number of methoxy groups -OCH3 is 1. The van der Waals surface area contributed by atoms with E-state index in [2.05, 4.69) is 15.9 Å². The summed E-state index contributed by atoms with van der Waals surface area (Å²) in [5.41, 5.74) is 3.27. The van der Waals surface area contributed by atoms with E-state index in [9.17, 15) is 9.59 Å². The average Bonchev–Trinajstić information content (AvgIpc) is 3.15. The minimum Gasteiger partial charge on any atom is -0.496 e. The van der Waals surface area contributed by atoms with E-state index in [1.54, 1.807) is 36.8 Å². The first-order valence-corrected chi connectivity index (χ1v) is 13.6. The first-order valence-electron chi connectivity index (χ1n) is 11.6. The molecule has 0 amide bonds. The molecule has 0 unspecified atom stereocenters. The van der Waals surface area contributed by atoms with Crippen molar-refractivity contribution in [3.8, 4) is 5.75 Å². The molecule has 0 fully saturated rings. The number of aryl methyl sites for hydroxylation is 1. The van der Waals surface area contributed by atoms with Crippen molar-refractivity contribution in [3.05, 3.63) is 93.5 Å². The molecule has 0 spiro atoms. The fourth-order valence-electron chi connectivity index (χ4n) is 4.18. The molecule has 3 aromatic rings. The molecule has 0 radical (unpaired) electrons. The monoisotopic (exact) mass is 588 g/mol. The van der Waals surface area contributed by atoms with Gasteiger partial charge in [-0.15, -0.1) is 0 Å². The molecular formula is C27H26BrClN2O4S. The Hall–Kier alpha value is -2.68. The number of nitrogens with zero attached hydrogens (tertiary/aromatic N) is 2. The number of thiazole rings is 1. The fourth-order valence-corrected chi connectivity index (χ4v) is 5.78. The molecule has 188 valence electrons. The Morgan fingerprint density at radius 2 is 2.03 bits per heavy atom. The van der Waals surface area contributed by atoms with Gasteiger partial charge in [-0.1, -0.05) is 64.3 Å². The van der Waals surface area contributed by atoms with Crippen molar-refractivity contribution in [2.75, 3.05) is 13.7 Å². The van der Waals surface area contributed by atoms with Crippen molar-refractivity contribution in [1.82, 2.24) is 4.57 Å². The number of halogens is 2. The summed E-state index contributed by atoms with van der Waals surface area (Å²) < 4.78 is 14.1. The Labute approximate surface area is 226 Å². The molecule has 0 saturated heterocycles. The van der Waals surface area contributed by atoms with Crippen LogP contribution in [0.3, 0.4) is 0 Å². The molecule has 6 nitrogen and oxygen atoms in total. The highest BCUT2D eigenvalue weighted by Gasteiger charge is 2.36. The zero-order chi connectivity index (χ0) is 26.0. The van der Waals surface area contributed by atoms with Crippen molar-refractivity contribution in [3.63, 3.8) is 0 Å². The highest BCUT2D eigenvalue weighted by Crippen LogP contribution is 2.38. The van der Waals surface area contributed by atoms with Crippen molar-refractivity contribution >= 4 is 50.9 Å². The first-order chi connectivity index (χ1) is 17.3. The van der Waals surface area contributed by atoms with E-state index in [1.165, 1.54) is 11.3 Å². The third-order valence-electron chi connectivity index (χ3n) is 5.87. The number of carbonyl (C=O) groups is 1. The molecule has 0 N–H and O–H groups in total. The van der Waals surface area contributed by atoms with E-state index in [0.29, 0.717) is 43.4 Å². The zero-order valence-corrected chi connectivity index (χ0v) is 23.6. The van der Waals surface area contributed by atoms with Gasteiger partial charge in [-0.05, 0) is 61.7 Å². The molecule has 1 aliphatic rings. The van der Waals surface area contributed by atoms with E-state index in [-0.39, 0.29) is 12.2 Å². The minimum absolute atomic E-state index is 0.202. The number of benzene rings is 2. The zero-order valence-electron chi connectivity index (χ0n) is 20.4. The van der Waals surface area contributed by atoms with Crippen molar-refractivity contribution in [1.29, 1.82) is 0 Å². The van der Waals surface area contributed by atoms with Crippen LogP contribution in [-0.4, -0.2) is 24.3 Å². The second-order valence-corrected chi connectivity index (χ2v) is 10.6. The molecule has 0 saturated carbocycles. The molecule has 0 bridgehead atoms. The highest BCUT2D eigenvalue weighted by atomic mass is 79.9. The van der Waals surface area contributed by atoms with E-state index in [0.717, 1.165) is 22.0 Å². The minimum atomic E-state index is -0.789. The molecule has 9 heteroatoms. The third-order valence-corrected chi connectivity index (χ3v) is 7.94. The predicted molar refractivity (Wildman–Crippen MR) is 147 cm³/mol. The van der Waals surface area contributed by atoms with E-state index in [1.807, 2.05) is 38.1 Å². The van der Waals surface area contributed by atoms with Crippen LogP contribution < -0.4 is 19.6 Å². The summed E-state index contributed by atoms with van der Waals surface area (Å²) >= 11 is 11.2. The van der Waals surface area contributed by atoms with Crippen LogP contribution >= 0.6 is 38.9 Å². The number of rotatable bonds is 7. The van der Waals surface area contributed by atoms with Gasteiger partial charge >= 0.3 is 5.97 Å². The van der Waals surface area contributed by atoms with E-state index < -0.39 is 12.0 Å². The van der Waals surface area contributed by atoms with Gasteiger partial charge in [0.05, 0.1) is 29.5 Å². The predicted octanol–water partition coefficient (Wildman–Crippen LogP) is 5.31. The number of fused-ring (bicyclic) bond motifs is 1. The molecule has 1 aliphatic heterocycles. The standard InChI is InChI=1S/C27H26BrClN2O4S/c1-5-7-20-23(26(33)35-6-2)24(18-14-17(29)10-11-21(18)34-4)31-25(32)22(36-27(31)30-20)13-16-9-8-15(3)19(28)12-16/h8-14,24H,5-7H2,1-4H3/b22-13+/t24-/m0/s1. The molecular weight excluding hydrogens is 564 g/mol. The van der Waals surface area contributed by atoms with Gasteiger partial charge in [0.15, 0.2) is 4.80 Å². The number of esters is 1. The van der Waals surface area contributed by atoms with Crippen molar-refractivity contribution in [2.24, 2.45) is 4.99 Å². The summed E-state index contributed by atoms with van der Waals surface area (Å²) in [6, 6.07) is 10.3. The number of hydrogen-bond donors (Lipinski definition) is 0. The molecule has 0 aliphatic carbocycles. The summed E-state index contributed by atoms with van der Waals surface area (Å²) in [7, 11) is 1.55. The second-order valence-electron chi connectivity index (χ2n) is 8.31. The summed E-state index contributed by atoms with van der Waals surface area (Å²) in [5, 5.41) is 0.467. The van der Waals surface area contributed by atoms with Crippen LogP contribution in [0.2, 0.25) is 5.02 Å². The maximum Gasteiger partial charge on any atom is 0.338 e. The van der Waals surface area contributed by atoms with Crippen LogP contribution in [0.25, 0.3) is 6.08 Å². The molecule has 36 heavy (non-hydrogen) atoms. The number of hydrogen-bond acceptors (Lipinski definition) is 6. The first kappa shape index (κ1) is 26.4. The van der Waals surface area contributed by atoms with Crippen LogP contribution in [0.4, 0.5) is 0 Å². The second kappa shape index (κ2) is 11.2. The lowest BCUT2D eigenvalue weighted by molar-refractivity contribution is -0.139. The molecule has 4 rings (SSSR count). The summed E-state index contributed by atoms with van der Waals surface area (Å²) in [6.07, 6.45) is 3.17. The maximum absolute atomic E-state index is 13.9. The van der Waals surface area contributed by atoms with Gasteiger partial charge in [0.25, 0.3) is 5.56 Å². The smallest absolute Gasteiger partial charge is 0.338 e. The van der Waals surface area contributed by atoms with Gasteiger partial charge in [0.2, 0.25) is 0 Å². The van der Waals surface area contributed by atoms with Crippen molar-refractivity contribution in [2.45, 2.75) is 39.7 Å². The summed E-state index contributed by atoms with van der Waals surface area (Å²) in [5.74, 6) is 0.00876. The van der Waals surface area contributed by atoms with Gasteiger partial charge in [-0.3, -0.25) is 9.36 Å². The normalized spacial score (nSPS) is 15.5. The lowest BCUT2D eigenvalue weighted by Gasteiger charge is -2.27. The summed E-state index contributed by atoms with van der Waals surface area (Å²) in [6.45, 7) is 5.98. The van der Waals surface area contributed by atoms with Crippen LogP contribution in [0.15, 0.2) is 61.9 Å². The topological polar surface area (TPSA) is 69.9 Å². The number of allylic oxidation sites excluding steroid dienone is 1. The maximum atomic E-state index is 13.9.